The molecule has 0 aliphatic rings. The van der Waals surface area contributed by atoms with Crippen LogP contribution < -0.4 is 5.32 Å². The van der Waals surface area contributed by atoms with Crippen molar-refractivity contribution < 1.29 is 14.3 Å². The van der Waals surface area contributed by atoms with Crippen LogP contribution >= 0.6 is 11.6 Å². The molecule has 0 spiro atoms. The van der Waals surface area contributed by atoms with Crippen molar-refractivity contribution >= 4 is 23.5 Å². The molecule has 0 fully saturated rings. The lowest BCUT2D eigenvalue weighted by atomic mass is 10.1. The van der Waals surface area contributed by atoms with Gasteiger partial charge in [-0.1, -0.05) is 41.8 Å². The molecule has 0 aliphatic carbocycles. The number of hydrogen-bond donors (Lipinski definition) is 1. The highest BCUT2D eigenvalue weighted by atomic mass is 35.5. The number of aromatic nitrogens is 3. The summed E-state index contributed by atoms with van der Waals surface area (Å²) in [6, 6.07) is 7.20. The highest BCUT2D eigenvalue weighted by Gasteiger charge is 2.12. The highest BCUT2D eigenvalue weighted by Crippen LogP contribution is 2.18. The Morgan fingerprint density at radius 2 is 1.96 bits per heavy atom. The molecule has 1 aromatic carbocycles. The summed E-state index contributed by atoms with van der Waals surface area (Å²) in [7, 11) is 1.39. The Morgan fingerprint density at radius 3 is 2.72 bits per heavy atom. The SMILES string of the molecule is COC(=O)CCCCCCNC(=O)c1cn(-c2ccccc2Cl)nn1. The average molecular weight is 365 g/mol. The monoisotopic (exact) mass is 364 g/mol. The van der Waals surface area contributed by atoms with Crippen molar-refractivity contribution in [2.45, 2.75) is 32.1 Å². The van der Waals surface area contributed by atoms with Gasteiger partial charge in [0, 0.05) is 13.0 Å². The molecule has 25 heavy (non-hydrogen) atoms. The predicted octanol–water partition coefficient (Wildman–Crippen LogP) is 2.77. The van der Waals surface area contributed by atoms with Gasteiger partial charge in [0.2, 0.25) is 0 Å². The number of carbonyl (C=O) groups excluding carboxylic acids is 2. The molecule has 7 nitrogen and oxygen atoms in total. The first-order chi connectivity index (χ1) is 12.1. The summed E-state index contributed by atoms with van der Waals surface area (Å²) in [5.74, 6) is -0.456. The van der Waals surface area contributed by atoms with Gasteiger partial charge in [-0.3, -0.25) is 9.59 Å². The van der Waals surface area contributed by atoms with E-state index in [9.17, 15) is 9.59 Å². The summed E-state index contributed by atoms with van der Waals surface area (Å²) in [5.41, 5.74) is 0.909. The molecular weight excluding hydrogens is 344 g/mol. The number of unbranched alkanes of at least 4 members (excludes halogenated alkanes) is 3. The van der Waals surface area contributed by atoms with Crippen LogP contribution in [-0.2, 0) is 9.53 Å². The van der Waals surface area contributed by atoms with E-state index in [4.69, 9.17) is 11.6 Å². The molecule has 0 aliphatic heterocycles. The molecular formula is C17H21ClN4O3. The molecule has 1 heterocycles. The van der Waals surface area contributed by atoms with Gasteiger partial charge in [-0.05, 0) is 25.0 Å². The molecule has 1 aromatic heterocycles. The maximum Gasteiger partial charge on any atom is 0.305 e. The van der Waals surface area contributed by atoms with Crippen LogP contribution in [0.3, 0.4) is 0 Å². The van der Waals surface area contributed by atoms with Crippen LogP contribution in [0.2, 0.25) is 5.02 Å². The van der Waals surface area contributed by atoms with E-state index in [-0.39, 0.29) is 17.6 Å². The van der Waals surface area contributed by atoms with E-state index < -0.39 is 0 Å². The maximum atomic E-state index is 12.1. The van der Waals surface area contributed by atoms with Gasteiger partial charge in [0.1, 0.15) is 0 Å². The normalized spacial score (nSPS) is 10.5. The largest absolute Gasteiger partial charge is 0.469 e. The molecule has 2 aromatic rings. The smallest absolute Gasteiger partial charge is 0.305 e. The second-order valence-corrected chi connectivity index (χ2v) is 5.90. The zero-order valence-corrected chi connectivity index (χ0v) is 14.8. The number of methoxy groups -OCH3 is 1. The number of benzene rings is 1. The number of carbonyl (C=O) groups is 2. The number of ether oxygens (including phenoxy) is 1. The third kappa shape index (κ3) is 5.86. The predicted molar refractivity (Wildman–Crippen MR) is 93.8 cm³/mol. The van der Waals surface area contributed by atoms with E-state index in [0.717, 1.165) is 25.7 Å². The number of halogens is 1. The summed E-state index contributed by atoms with van der Waals surface area (Å²) in [6.45, 7) is 0.552. The Labute approximate surface area is 151 Å². The molecule has 1 N–H and O–H groups in total. The van der Waals surface area contributed by atoms with E-state index in [2.05, 4.69) is 20.4 Å². The Kier molecular flexibility index (Phi) is 7.40. The average Bonchev–Trinajstić information content (AvgIpc) is 3.10. The highest BCUT2D eigenvalue weighted by molar-refractivity contribution is 6.32. The fraction of sp³-hybridized carbons (Fsp3) is 0.412. The third-order valence-corrected chi connectivity index (χ3v) is 3.97. The Balaban J connectivity index is 1.72. The summed E-state index contributed by atoms with van der Waals surface area (Å²) in [5, 5.41) is 11.2. The lowest BCUT2D eigenvalue weighted by molar-refractivity contribution is -0.140. The molecule has 2 rings (SSSR count). The third-order valence-electron chi connectivity index (χ3n) is 3.65. The quantitative estimate of drug-likeness (QED) is 0.546. The number of esters is 1. The Bertz CT molecular complexity index is 717. The van der Waals surface area contributed by atoms with Gasteiger partial charge < -0.3 is 10.1 Å². The van der Waals surface area contributed by atoms with Gasteiger partial charge in [-0.25, -0.2) is 4.68 Å². The standard InChI is InChI=1S/C17H21ClN4O3/c1-25-16(23)10-4-2-3-7-11-19-17(24)14-12-22(21-20-14)15-9-6-5-8-13(15)18/h5-6,8-9,12H,2-4,7,10-11H2,1H3,(H,19,24). The van der Waals surface area contributed by atoms with E-state index >= 15 is 0 Å². The van der Waals surface area contributed by atoms with Crippen LogP contribution in [-0.4, -0.2) is 40.5 Å². The first-order valence-corrected chi connectivity index (χ1v) is 8.52. The van der Waals surface area contributed by atoms with E-state index in [1.807, 2.05) is 12.1 Å². The van der Waals surface area contributed by atoms with Gasteiger partial charge >= 0.3 is 5.97 Å². The van der Waals surface area contributed by atoms with Gasteiger partial charge in [-0.15, -0.1) is 5.10 Å². The second kappa shape index (κ2) is 9.78. The molecule has 0 atom stereocenters. The zero-order chi connectivity index (χ0) is 18.1. The summed E-state index contributed by atoms with van der Waals surface area (Å²) >= 11 is 6.10. The minimum atomic E-state index is -0.270. The minimum Gasteiger partial charge on any atom is -0.469 e. The van der Waals surface area contributed by atoms with Crippen molar-refractivity contribution in [1.82, 2.24) is 20.3 Å². The molecule has 1 amide bonds. The van der Waals surface area contributed by atoms with Gasteiger partial charge in [0.05, 0.1) is 24.0 Å². The van der Waals surface area contributed by atoms with Crippen LogP contribution in [0, 0.1) is 0 Å². The number of amides is 1. The number of rotatable bonds is 9. The molecule has 8 heteroatoms. The Morgan fingerprint density at radius 1 is 1.20 bits per heavy atom. The number of hydrogen-bond acceptors (Lipinski definition) is 5. The van der Waals surface area contributed by atoms with Crippen LogP contribution in [0.1, 0.15) is 42.6 Å². The first kappa shape index (κ1) is 18.9. The van der Waals surface area contributed by atoms with E-state index in [1.54, 1.807) is 18.3 Å². The van der Waals surface area contributed by atoms with Crippen molar-refractivity contribution in [3.8, 4) is 5.69 Å². The van der Waals surface area contributed by atoms with Crippen molar-refractivity contribution in [2.75, 3.05) is 13.7 Å². The molecule has 0 radical (unpaired) electrons. The van der Waals surface area contributed by atoms with E-state index in [1.165, 1.54) is 11.8 Å². The van der Waals surface area contributed by atoms with Crippen molar-refractivity contribution in [3.63, 3.8) is 0 Å². The second-order valence-electron chi connectivity index (χ2n) is 5.50. The van der Waals surface area contributed by atoms with Gasteiger partial charge in [-0.2, -0.15) is 0 Å². The maximum absolute atomic E-state index is 12.1. The fourth-order valence-corrected chi connectivity index (χ4v) is 2.49. The lowest BCUT2D eigenvalue weighted by Crippen LogP contribution is -2.24. The molecule has 0 unspecified atom stereocenters. The van der Waals surface area contributed by atoms with Crippen LogP contribution in [0.5, 0.6) is 0 Å². The zero-order valence-electron chi connectivity index (χ0n) is 14.1. The molecule has 0 saturated carbocycles. The van der Waals surface area contributed by atoms with Crippen molar-refractivity contribution in [3.05, 3.63) is 41.2 Å². The van der Waals surface area contributed by atoms with Crippen LogP contribution in [0.4, 0.5) is 0 Å². The summed E-state index contributed by atoms with van der Waals surface area (Å²) in [6.07, 6.45) is 5.48. The van der Waals surface area contributed by atoms with Gasteiger partial charge in [0.25, 0.3) is 5.91 Å². The first-order valence-electron chi connectivity index (χ1n) is 8.14. The molecule has 134 valence electrons. The molecule has 0 bridgehead atoms. The summed E-state index contributed by atoms with van der Waals surface area (Å²) in [4.78, 5) is 23.0. The molecule has 0 saturated heterocycles. The topological polar surface area (TPSA) is 86.1 Å². The van der Waals surface area contributed by atoms with Crippen molar-refractivity contribution in [1.29, 1.82) is 0 Å². The Hall–Kier alpha value is -2.41. The van der Waals surface area contributed by atoms with Gasteiger partial charge in [0.15, 0.2) is 5.69 Å². The van der Waals surface area contributed by atoms with E-state index in [0.29, 0.717) is 23.7 Å². The number of para-hydroxylation sites is 1. The summed E-state index contributed by atoms with van der Waals surface area (Å²) < 4.78 is 6.06. The lowest BCUT2D eigenvalue weighted by Gasteiger charge is -2.03. The van der Waals surface area contributed by atoms with Crippen LogP contribution in [0.25, 0.3) is 5.69 Å². The fourth-order valence-electron chi connectivity index (χ4n) is 2.27. The minimum absolute atomic E-state index is 0.185. The number of nitrogens with one attached hydrogen (secondary N) is 1. The van der Waals surface area contributed by atoms with Crippen molar-refractivity contribution in [2.24, 2.45) is 0 Å². The number of nitrogens with zero attached hydrogens (tertiary/aromatic N) is 3. The van der Waals surface area contributed by atoms with Crippen LogP contribution in [0.15, 0.2) is 30.5 Å².